The van der Waals surface area contributed by atoms with Crippen LogP contribution in [0.1, 0.15) is 39.4 Å². The van der Waals surface area contributed by atoms with Gasteiger partial charge < -0.3 is 5.21 Å². The van der Waals surface area contributed by atoms with E-state index >= 15 is 0 Å². The van der Waals surface area contributed by atoms with Gasteiger partial charge in [-0.1, -0.05) is 40.2 Å². The van der Waals surface area contributed by atoms with Crippen LogP contribution in [0, 0.1) is 17.9 Å². The van der Waals surface area contributed by atoms with Gasteiger partial charge in [0.25, 0.3) is 0 Å². The molecule has 0 saturated carbocycles. The number of aromatic nitrogens is 1. The highest BCUT2D eigenvalue weighted by molar-refractivity contribution is 9.10. The standard InChI is InChI=1S/C21H17BrFNO2/c1-14-4-9-18(20(23)11-14)19(15-5-7-17(22)8-6-15)12-21(25)16-3-2-10-24(26)13-16/h2-11,13,19H,12H2,1H3. The third kappa shape index (κ3) is 4.17. The molecule has 1 heterocycles. The minimum absolute atomic E-state index is 0.0750. The first kappa shape index (κ1) is 18.3. The van der Waals surface area contributed by atoms with Crippen molar-refractivity contribution in [3.8, 4) is 0 Å². The van der Waals surface area contributed by atoms with Gasteiger partial charge in [0, 0.05) is 22.9 Å². The fourth-order valence-corrected chi connectivity index (χ4v) is 3.20. The summed E-state index contributed by atoms with van der Waals surface area (Å²) < 4.78 is 16.1. The van der Waals surface area contributed by atoms with Gasteiger partial charge in [-0.05, 0) is 47.9 Å². The van der Waals surface area contributed by atoms with Crippen molar-refractivity contribution < 1.29 is 13.9 Å². The summed E-state index contributed by atoms with van der Waals surface area (Å²) in [4.78, 5) is 12.7. The van der Waals surface area contributed by atoms with Crippen molar-refractivity contribution >= 4 is 21.7 Å². The molecule has 0 fully saturated rings. The fraction of sp³-hybridized carbons (Fsp3) is 0.143. The van der Waals surface area contributed by atoms with Crippen molar-refractivity contribution in [2.45, 2.75) is 19.3 Å². The van der Waals surface area contributed by atoms with Crippen LogP contribution < -0.4 is 4.73 Å². The van der Waals surface area contributed by atoms with E-state index in [0.717, 1.165) is 15.6 Å². The fourth-order valence-electron chi connectivity index (χ4n) is 2.94. The summed E-state index contributed by atoms with van der Waals surface area (Å²) in [5.74, 6) is -0.975. The normalized spacial score (nSPS) is 12.0. The number of aryl methyl sites for hydroxylation is 1. The van der Waals surface area contributed by atoms with Crippen LogP contribution in [-0.2, 0) is 0 Å². The van der Waals surface area contributed by atoms with Gasteiger partial charge in [0.2, 0.25) is 0 Å². The predicted molar refractivity (Wildman–Crippen MR) is 101 cm³/mol. The number of rotatable bonds is 5. The minimum atomic E-state index is -0.434. The van der Waals surface area contributed by atoms with E-state index < -0.39 is 5.92 Å². The quantitative estimate of drug-likeness (QED) is 0.338. The molecule has 0 aliphatic rings. The van der Waals surface area contributed by atoms with Crippen molar-refractivity contribution in [2.75, 3.05) is 0 Å². The first-order chi connectivity index (χ1) is 12.4. The van der Waals surface area contributed by atoms with Crippen LogP contribution in [0.15, 0.2) is 71.5 Å². The van der Waals surface area contributed by atoms with Crippen LogP contribution in [0.25, 0.3) is 0 Å². The van der Waals surface area contributed by atoms with Gasteiger partial charge in [-0.2, -0.15) is 4.73 Å². The van der Waals surface area contributed by atoms with E-state index in [0.29, 0.717) is 15.9 Å². The summed E-state index contributed by atoms with van der Waals surface area (Å²) in [6, 6.07) is 15.6. The van der Waals surface area contributed by atoms with E-state index in [-0.39, 0.29) is 18.0 Å². The lowest BCUT2D eigenvalue weighted by molar-refractivity contribution is -0.605. The molecular weight excluding hydrogens is 397 g/mol. The zero-order valence-electron chi connectivity index (χ0n) is 14.2. The molecule has 0 spiro atoms. The van der Waals surface area contributed by atoms with Gasteiger partial charge in [-0.15, -0.1) is 0 Å². The summed E-state index contributed by atoms with van der Waals surface area (Å²) in [6.07, 6.45) is 2.64. The molecule has 0 aliphatic heterocycles. The Labute approximate surface area is 159 Å². The van der Waals surface area contributed by atoms with Gasteiger partial charge in [0.1, 0.15) is 5.82 Å². The number of benzene rings is 2. The van der Waals surface area contributed by atoms with E-state index in [9.17, 15) is 14.4 Å². The summed E-state index contributed by atoms with van der Waals surface area (Å²) in [7, 11) is 0. The Morgan fingerprint density at radius 2 is 1.92 bits per heavy atom. The maximum atomic E-state index is 14.6. The molecule has 26 heavy (non-hydrogen) atoms. The largest absolute Gasteiger partial charge is 0.619 e. The molecule has 0 N–H and O–H groups in total. The van der Waals surface area contributed by atoms with Gasteiger partial charge in [-0.3, -0.25) is 4.79 Å². The number of nitrogens with zero attached hydrogens (tertiary/aromatic N) is 1. The van der Waals surface area contributed by atoms with Crippen molar-refractivity contribution in [1.82, 2.24) is 0 Å². The zero-order valence-corrected chi connectivity index (χ0v) is 15.7. The van der Waals surface area contributed by atoms with Crippen LogP contribution in [0.5, 0.6) is 0 Å². The third-order valence-corrected chi connectivity index (χ3v) is 4.82. The Morgan fingerprint density at radius 3 is 2.58 bits per heavy atom. The van der Waals surface area contributed by atoms with Crippen molar-refractivity contribution in [1.29, 1.82) is 0 Å². The van der Waals surface area contributed by atoms with Gasteiger partial charge in [0.15, 0.2) is 18.2 Å². The molecule has 0 bridgehead atoms. The summed E-state index contributed by atoms with van der Waals surface area (Å²) in [5, 5.41) is 11.4. The molecule has 132 valence electrons. The number of Topliss-reactive ketones (excluding diaryl/α,β-unsaturated/α-hetero) is 1. The van der Waals surface area contributed by atoms with Crippen LogP contribution in [-0.4, -0.2) is 5.78 Å². The topological polar surface area (TPSA) is 44.0 Å². The van der Waals surface area contributed by atoms with Crippen molar-refractivity contribution in [2.24, 2.45) is 0 Å². The van der Waals surface area contributed by atoms with Crippen LogP contribution in [0.3, 0.4) is 0 Å². The number of carbonyl (C=O) groups is 1. The Balaban J connectivity index is 2.00. The van der Waals surface area contributed by atoms with E-state index in [1.165, 1.54) is 24.5 Å². The third-order valence-electron chi connectivity index (χ3n) is 4.29. The monoisotopic (exact) mass is 413 g/mol. The number of halogens is 2. The number of ketones is 1. The molecular formula is C21H17BrFNO2. The summed E-state index contributed by atoms with van der Waals surface area (Å²) in [5.41, 5.74) is 2.45. The molecule has 1 aromatic heterocycles. The Kier molecular flexibility index (Phi) is 5.47. The minimum Gasteiger partial charge on any atom is -0.619 e. The second-order valence-corrected chi connectivity index (χ2v) is 7.12. The molecule has 3 aromatic rings. The lowest BCUT2D eigenvalue weighted by Gasteiger charge is -2.18. The summed E-state index contributed by atoms with van der Waals surface area (Å²) in [6.45, 7) is 1.82. The average Bonchev–Trinajstić information content (AvgIpc) is 2.61. The van der Waals surface area contributed by atoms with Crippen LogP contribution in [0.2, 0.25) is 0 Å². The number of carbonyl (C=O) groups excluding carboxylic acids is 1. The Morgan fingerprint density at radius 1 is 1.19 bits per heavy atom. The highest BCUT2D eigenvalue weighted by Gasteiger charge is 2.23. The van der Waals surface area contributed by atoms with Crippen LogP contribution in [0.4, 0.5) is 4.39 Å². The predicted octanol–water partition coefficient (Wildman–Crippen LogP) is 4.93. The molecule has 5 heteroatoms. The second-order valence-electron chi connectivity index (χ2n) is 6.21. The van der Waals surface area contributed by atoms with Crippen molar-refractivity contribution in [3.05, 3.63) is 105 Å². The molecule has 2 aromatic carbocycles. The lowest BCUT2D eigenvalue weighted by atomic mass is 9.85. The second kappa shape index (κ2) is 7.79. The highest BCUT2D eigenvalue weighted by atomic mass is 79.9. The zero-order chi connectivity index (χ0) is 18.7. The van der Waals surface area contributed by atoms with E-state index in [1.807, 2.05) is 37.3 Å². The number of pyridine rings is 1. The number of hydrogen-bond acceptors (Lipinski definition) is 2. The van der Waals surface area contributed by atoms with E-state index in [4.69, 9.17) is 0 Å². The van der Waals surface area contributed by atoms with E-state index in [1.54, 1.807) is 12.1 Å². The first-order valence-electron chi connectivity index (χ1n) is 8.17. The van der Waals surface area contributed by atoms with Crippen molar-refractivity contribution in [3.63, 3.8) is 0 Å². The van der Waals surface area contributed by atoms with Gasteiger partial charge in [-0.25, -0.2) is 4.39 Å². The smallest absolute Gasteiger partial charge is 0.191 e. The average molecular weight is 414 g/mol. The molecule has 1 unspecified atom stereocenters. The lowest BCUT2D eigenvalue weighted by Crippen LogP contribution is -2.26. The molecule has 3 nitrogen and oxygen atoms in total. The molecule has 1 atom stereocenters. The van der Waals surface area contributed by atoms with Gasteiger partial charge >= 0.3 is 0 Å². The maximum absolute atomic E-state index is 14.6. The Bertz CT molecular complexity index is 941. The first-order valence-corrected chi connectivity index (χ1v) is 8.97. The molecule has 0 saturated heterocycles. The summed E-state index contributed by atoms with van der Waals surface area (Å²) >= 11 is 3.39. The molecule has 0 radical (unpaired) electrons. The Hall–Kier alpha value is -2.53. The molecule has 0 aliphatic carbocycles. The SMILES string of the molecule is Cc1ccc(C(CC(=O)c2ccc[n+]([O-])c2)c2ccc(Br)cc2)c(F)c1. The highest BCUT2D eigenvalue weighted by Crippen LogP contribution is 2.32. The maximum Gasteiger partial charge on any atom is 0.191 e. The van der Waals surface area contributed by atoms with Gasteiger partial charge in [0.05, 0.1) is 5.56 Å². The van der Waals surface area contributed by atoms with Crippen LogP contribution >= 0.6 is 15.9 Å². The molecule has 3 rings (SSSR count). The van der Waals surface area contributed by atoms with E-state index in [2.05, 4.69) is 15.9 Å². The molecule has 0 amide bonds. The number of hydrogen-bond donors (Lipinski definition) is 0.